The molecule has 3 rings (SSSR count). The molecule has 3 aromatic rings. The highest BCUT2D eigenvalue weighted by Gasteiger charge is 2.31. The maximum Gasteiger partial charge on any atom is 0.387 e. The van der Waals surface area contributed by atoms with Gasteiger partial charge >= 0.3 is 6.61 Å². The number of carbonyl (C=O) groups excluding carboxylic acids is 2. The van der Waals surface area contributed by atoms with Gasteiger partial charge in [0.25, 0.3) is 11.8 Å². The third-order valence-electron chi connectivity index (χ3n) is 5.32. The van der Waals surface area contributed by atoms with Crippen molar-refractivity contribution in [1.29, 1.82) is 5.26 Å². The fourth-order valence-corrected chi connectivity index (χ4v) is 5.09. The highest BCUT2D eigenvalue weighted by atomic mass is 32.2. The van der Waals surface area contributed by atoms with E-state index in [1.807, 2.05) is 30.3 Å². The second-order valence-corrected chi connectivity index (χ2v) is 10.1. The van der Waals surface area contributed by atoms with Gasteiger partial charge in [-0.1, -0.05) is 60.7 Å². The van der Waals surface area contributed by atoms with E-state index in [2.05, 4.69) is 10.1 Å². The number of nitrogens with one attached hydrogen (secondary N) is 1. The Morgan fingerprint density at radius 3 is 2.19 bits per heavy atom. The first-order chi connectivity index (χ1) is 17.6. The second-order valence-electron chi connectivity index (χ2n) is 8.01. The van der Waals surface area contributed by atoms with Gasteiger partial charge in [-0.15, -0.1) is 0 Å². The zero-order chi connectivity index (χ0) is 27.0. The lowest BCUT2D eigenvalue weighted by molar-refractivity contribution is -0.128. The number of carbonyl (C=O) groups is 2. The van der Waals surface area contributed by atoms with Crippen molar-refractivity contribution in [3.05, 3.63) is 90.0 Å². The Bertz CT molecular complexity index is 1390. The van der Waals surface area contributed by atoms with Crippen LogP contribution in [-0.2, 0) is 20.4 Å². The average molecular weight is 528 g/mol. The van der Waals surface area contributed by atoms with E-state index in [4.69, 9.17) is 5.26 Å². The van der Waals surface area contributed by atoms with Crippen molar-refractivity contribution < 1.29 is 31.5 Å². The Morgan fingerprint density at radius 2 is 1.57 bits per heavy atom. The lowest BCUT2D eigenvalue weighted by Gasteiger charge is -2.20. The number of sulfone groups is 1. The molecule has 0 radical (unpaired) electrons. The average Bonchev–Trinajstić information content (AvgIpc) is 2.88. The van der Waals surface area contributed by atoms with Gasteiger partial charge in [-0.05, 0) is 29.3 Å². The monoisotopic (exact) mass is 527 g/mol. The highest BCUT2D eigenvalue weighted by molar-refractivity contribution is 7.90. The minimum atomic E-state index is -4.15. The lowest BCUT2D eigenvalue weighted by atomic mass is 10.0. The van der Waals surface area contributed by atoms with Crippen LogP contribution in [0.25, 0.3) is 11.1 Å². The standard InChI is InChI=1S/C26H23F2N3O5S/c1-31(17-29)25(33)22(16-37(34,35)15-21-9-5-6-10-23(21)36-26(27)28)30-24(32)20-13-11-19(12-14-20)18-7-3-2-4-8-18/h2-14,22,26H,15-16H2,1H3,(H,30,32)/t22-/m0/s1. The summed E-state index contributed by atoms with van der Waals surface area (Å²) in [5.74, 6) is -3.58. The number of benzene rings is 3. The third kappa shape index (κ3) is 7.59. The zero-order valence-electron chi connectivity index (χ0n) is 19.7. The second kappa shape index (κ2) is 12.1. The number of para-hydroxylation sites is 1. The first-order valence-electron chi connectivity index (χ1n) is 11.0. The number of hydrogen-bond acceptors (Lipinski definition) is 6. The van der Waals surface area contributed by atoms with Crippen LogP contribution in [0.15, 0.2) is 78.9 Å². The summed E-state index contributed by atoms with van der Waals surface area (Å²) in [5.41, 5.74) is 1.91. The molecule has 192 valence electrons. The number of ether oxygens (including phenoxy) is 1. The highest BCUT2D eigenvalue weighted by Crippen LogP contribution is 2.23. The molecule has 2 amide bonds. The number of likely N-dealkylation sites (N-methyl/N-ethyl adjacent to an activating group) is 1. The third-order valence-corrected chi connectivity index (χ3v) is 6.91. The molecule has 0 aliphatic rings. The molecule has 37 heavy (non-hydrogen) atoms. The Kier molecular flexibility index (Phi) is 8.92. The molecular formula is C26H23F2N3O5S. The van der Waals surface area contributed by atoms with Crippen LogP contribution < -0.4 is 10.1 Å². The molecule has 0 aromatic heterocycles. The van der Waals surface area contributed by atoms with Gasteiger partial charge in [0.15, 0.2) is 16.0 Å². The van der Waals surface area contributed by atoms with E-state index >= 15 is 0 Å². The molecule has 0 saturated carbocycles. The summed E-state index contributed by atoms with van der Waals surface area (Å²) in [6.07, 6.45) is 1.58. The number of nitriles is 1. The molecule has 0 aliphatic heterocycles. The number of halogens is 2. The molecule has 8 nitrogen and oxygen atoms in total. The van der Waals surface area contributed by atoms with Gasteiger partial charge in [-0.25, -0.2) is 8.42 Å². The van der Waals surface area contributed by atoms with E-state index in [9.17, 15) is 26.8 Å². The number of nitrogens with zero attached hydrogens (tertiary/aromatic N) is 2. The van der Waals surface area contributed by atoms with Gasteiger partial charge < -0.3 is 10.1 Å². The van der Waals surface area contributed by atoms with Crippen LogP contribution in [0.2, 0.25) is 0 Å². The predicted octanol–water partition coefficient (Wildman–Crippen LogP) is 3.61. The molecular weight excluding hydrogens is 504 g/mol. The summed E-state index contributed by atoms with van der Waals surface area (Å²) in [7, 11) is -3.01. The summed E-state index contributed by atoms with van der Waals surface area (Å²) in [5, 5.41) is 11.5. The van der Waals surface area contributed by atoms with Crippen molar-refractivity contribution in [2.24, 2.45) is 0 Å². The van der Waals surface area contributed by atoms with Gasteiger partial charge in [-0.2, -0.15) is 14.0 Å². The molecule has 1 N–H and O–H groups in total. The quantitative estimate of drug-likeness (QED) is 0.318. The predicted molar refractivity (Wildman–Crippen MR) is 132 cm³/mol. The molecule has 0 heterocycles. The zero-order valence-corrected chi connectivity index (χ0v) is 20.5. The van der Waals surface area contributed by atoms with E-state index in [1.165, 1.54) is 36.4 Å². The summed E-state index contributed by atoms with van der Waals surface area (Å²) in [6.45, 7) is -3.16. The SMILES string of the molecule is CN(C#N)C(=O)[C@H](CS(=O)(=O)Cc1ccccc1OC(F)F)NC(=O)c1ccc(-c2ccccc2)cc1. The lowest BCUT2D eigenvalue weighted by Crippen LogP contribution is -2.50. The Morgan fingerprint density at radius 1 is 0.973 bits per heavy atom. The van der Waals surface area contributed by atoms with Crippen molar-refractivity contribution >= 4 is 21.7 Å². The topological polar surface area (TPSA) is 117 Å². The van der Waals surface area contributed by atoms with E-state index in [-0.39, 0.29) is 16.9 Å². The molecule has 0 bridgehead atoms. The van der Waals surface area contributed by atoms with Crippen LogP contribution in [0.3, 0.4) is 0 Å². The van der Waals surface area contributed by atoms with Crippen LogP contribution in [-0.4, -0.2) is 50.6 Å². The summed E-state index contributed by atoms with van der Waals surface area (Å²) in [6, 6.07) is 19.7. The van der Waals surface area contributed by atoms with E-state index in [0.717, 1.165) is 18.2 Å². The van der Waals surface area contributed by atoms with E-state index in [1.54, 1.807) is 18.3 Å². The van der Waals surface area contributed by atoms with Crippen molar-refractivity contribution in [2.45, 2.75) is 18.4 Å². The fourth-order valence-electron chi connectivity index (χ4n) is 3.53. The Labute approximate surface area is 213 Å². The molecule has 3 aromatic carbocycles. The Balaban J connectivity index is 1.80. The molecule has 0 spiro atoms. The number of rotatable bonds is 10. The van der Waals surface area contributed by atoms with E-state index in [0.29, 0.717) is 4.90 Å². The number of hydrogen-bond donors (Lipinski definition) is 1. The molecule has 0 aliphatic carbocycles. The molecule has 11 heteroatoms. The van der Waals surface area contributed by atoms with Crippen LogP contribution in [0.5, 0.6) is 5.75 Å². The maximum atomic E-state index is 12.9. The fraction of sp³-hybridized carbons (Fsp3) is 0.192. The van der Waals surface area contributed by atoms with E-state index < -0.39 is 45.8 Å². The first-order valence-corrected chi connectivity index (χ1v) is 12.8. The van der Waals surface area contributed by atoms with Gasteiger partial charge in [0, 0.05) is 18.2 Å². The largest absolute Gasteiger partial charge is 0.435 e. The van der Waals surface area contributed by atoms with Crippen LogP contribution >= 0.6 is 0 Å². The molecule has 0 unspecified atom stereocenters. The summed E-state index contributed by atoms with van der Waals surface area (Å²) < 4.78 is 55.7. The van der Waals surface area contributed by atoms with Crippen molar-refractivity contribution in [1.82, 2.24) is 10.2 Å². The molecule has 1 atom stereocenters. The van der Waals surface area contributed by atoms with Gasteiger partial charge in [0.2, 0.25) is 0 Å². The summed E-state index contributed by atoms with van der Waals surface area (Å²) >= 11 is 0. The van der Waals surface area contributed by atoms with Crippen molar-refractivity contribution in [3.8, 4) is 23.1 Å². The Hall–Kier alpha value is -4.30. The van der Waals surface area contributed by atoms with Crippen molar-refractivity contribution in [3.63, 3.8) is 0 Å². The minimum absolute atomic E-state index is 0.0366. The molecule has 0 saturated heterocycles. The number of amides is 2. The normalized spacial score (nSPS) is 11.9. The summed E-state index contributed by atoms with van der Waals surface area (Å²) in [4.78, 5) is 26.2. The number of alkyl halides is 2. The van der Waals surface area contributed by atoms with Gasteiger partial charge in [0.05, 0.1) is 11.5 Å². The maximum absolute atomic E-state index is 12.9. The van der Waals surface area contributed by atoms with Gasteiger partial charge in [0.1, 0.15) is 11.8 Å². The van der Waals surface area contributed by atoms with Crippen LogP contribution in [0, 0.1) is 11.5 Å². The van der Waals surface area contributed by atoms with Gasteiger partial charge in [-0.3, -0.25) is 14.5 Å². The first kappa shape index (κ1) is 27.3. The van der Waals surface area contributed by atoms with Crippen LogP contribution in [0.1, 0.15) is 15.9 Å². The van der Waals surface area contributed by atoms with Crippen molar-refractivity contribution in [2.75, 3.05) is 12.8 Å². The molecule has 0 fully saturated rings. The van der Waals surface area contributed by atoms with Crippen LogP contribution in [0.4, 0.5) is 8.78 Å². The smallest absolute Gasteiger partial charge is 0.387 e. The minimum Gasteiger partial charge on any atom is -0.435 e.